The van der Waals surface area contributed by atoms with E-state index in [2.05, 4.69) is 192 Å². The number of benzene rings is 9. The van der Waals surface area contributed by atoms with Crippen molar-refractivity contribution in [2.24, 2.45) is 0 Å². The summed E-state index contributed by atoms with van der Waals surface area (Å²) in [5.74, 6) is 1.75. The lowest BCUT2D eigenvalue weighted by atomic mass is 9.99. The topological polar surface area (TPSA) is 61.7 Å². The van der Waals surface area contributed by atoms with Gasteiger partial charge in [-0.25, -0.2) is 4.98 Å². The van der Waals surface area contributed by atoms with Gasteiger partial charge in [-0.2, -0.15) is 9.97 Å². The first-order valence-electron chi connectivity index (χ1n) is 21.6. The standard InChI is InChI=1S/C58H37N5O/c1-36-15-14-20-41(33-36)48-34-42(35-49-45-23-10-13-26-52(45)64-55(48)49)62-50-24-11-8-21-43(50)46-31-32-47-44-22-9-12-25-51(44)63(54(47)53(46)62)58-60-56(39-18-6-3-7-19-39)59-57(61-58)40-29-27-38(28-30-40)37-16-4-2-5-17-37/h2-35H,1H3. The number of aryl methyl sites for hydroxylation is 1. The van der Waals surface area contributed by atoms with Crippen molar-refractivity contribution in [2.75, 3.05) is 0 Å². The first-order valence-corrected chi connectivity index (χ1v) is 21.6. The first-order chi connectivity index (χ1) is 31.6. The zero-order valence-electron chi connectivity index (χ0n) is 34.8. The molecule has 0 spiro atoms. The summed E-state index contributed by atoms with van der Waals surface area (Å²) in [5, 5.41) is 6.66. The lowest BCUT2D eigenvalue weighted by Crippen LogP contribution is -2.07. The molecule has 0 aliphatic heterocycles. The Kier molecular flexibility index (Phi) is 8.02. The van der Waals surface area contributed by atoms with Crippen molar-refractivity contribution in [1.29, 1.82) is 0 Å². The van der Waals surface area contributed by atoms with Gasteiger partial charge in [-0.15, -0.1) is 0 Å². The fourth-order valence-electron chi connectivity index (χ4n) is 9.70. The highest BCUT2D eigenvalue weighted by Gasteiger charge is 2.25. The highest BCUT2D eigenvalue weighted by atomic mass is 16.3. The van der Waals surface area contributed by atoms with E-state index >= 15 is 0 Å². The van der Waals surface area contributed by atoms with Crippen LogP contribution in [-0.4, -0.2) is 24.1 Å². The van der Waals surface area contributed by atoms with Gasteiger partial charge >= 0.3 is 0 Å². The number of hydrogen-bond donors (Lipinski definition) is 0. The lowest BCUT2D eigenvalue weighted by Gasteiger charge is -2.14. The Morgan fingerprint density at radius 1 is 0.375 bits per heavy atom. The molecular weight excluding hydrogens is 783 g/mol. The van der Waals surface area contributed by atoms with Crippen molar-refractivity contribution in [3.63, 3.8) is 0 Å². The molecule has 0 atom stereocenters. The third-order valence-electron chi connectivity index (χ3n) is 12.6. The Balaban J connectivity index is 1.14. The molecule has 0 aliphatic carbocycles. The van der Waals surface area contributed by atoms with Crippen LogP contribution in [0.2, 0.25) is 0 Å². The number of rotatable bonds is 6. The van der Waals surface area contributed by atoms with E-state index in [1.807, 2.05) is 30.3 Å². The molecule has 0 bridgehead atoms. The molecule has 0 aliphatic rings. The molecule has 6 heteroatoms. The lowest BCUT2D eigenvalue weighted by molar-refractivity contribution is 0.670. The summed E-state index contributed by atoms with van der Waals surface area (Å²) in [4.78, 5) is 15.9. The largest absolute Gasteiger partial charge is 0.455 e. The van der Waals surface area contributed by atoms with Crippen LogP contribution < -0.4 is 0 Å². The number of para-hydroxylation sites is 3. The molecule has 0 unspecified atom stereocenters. The van der Waals surface area contributed by atoms with E-state index in [-0.39, 0.29) is 0 Å². The molecule has 300 valence electrons. The Labute approximate surface area is 368 Å². The van der Waals surface area contributed by atoms with Crippen LogP contribution in [0.25, 0.3) is 122 Å². The summed E-state index contributed by atoms with van der Waals surface area (Å²) < 4.78 is 11.4. The Hall–Kier alpha value is -8.61. The van der Waals surface area contributed by atoms with Gasteiger partial charge in [0.15, 0.2) is 11.6 Å². The minimum atomic E-state index is 0.545. The summed E-state index contributed by atoms with van der Waals surface area (Å²) in [6.07, 6.45) is 0. The molecule has 64 heavy (non-hydrogen) atoms. The van der Waals surface area contributed by atoms with E-state index in [1.165, 1.54) is 5.56 Å². The second-order valence-corrected chi connectivity index (χ2v) is 16.5. The van der Waals surface area contributed by atoms with Gasteiger partial charge in [0.1, 0.15) is 11.2 Å². The van der Waals surface area contributed by atoms with E-state index < -0.39 is 0 Å². The normalized spacial score (nSPS) is 11.8. The van der Waals surface area contributed by atoms with E-state index in [4.69, 9.17) is 19.4 Å². The van der Waals surface area contributed by atoms with Crippen molar-refractivity contribution >= 4 is 65.6 Å². The summed E-state index contributed by atoms with van der Waals surface area (Å²) in [6.45, 7) is 2.14. The van der Waals surface area contributed by atoms with Crippen molar-refractivity contribution < 1.29 is 4.42 Å². The van der Waals surface area contributed by atoms with Gasteiger partial charge in [0.2, 0.25) is 5.95 Å². The average Bonchev–Trinajstić information content (AvgIpc) is 4.02. The van der Waals surface area contributed by atoms with Gasteiger partial charge < -0.3 is 8.98 Å². The van der Waals surface area contributed by atoms with Crippen LogP contribution in [0.15, 0.2) is 211 Å². The van der Waals surface area contributed by atoms with Crippen LogP contribution in [0.3, 0.4) is 0 Å². The quantitative estimate of drug-likeness (QED) is 0.168. The summed E-state index contributed by atoms with van der Waals surface area (Å²) in [6, 6.07) is 72.6. The second kappa shape index (κ2) is 14.2. The highest BCUT2D eigenvalue weighted by Crippen LogP contribution is 2.44. The average molecular weight is 820 g/mol. The Morgan fingerprint density at radius 3 is 1.59 bits per heavy atom. The van der Waals surface area contributed by atoms with Crippen molar-refractivity contribution in [1.82, 2.24) is 24.1 Å². The molecule has 0 radical (unpaired) electrons. The second-order valence-electron chi connectivity index (χ2n) is 16.5. The van der Waals surface area contributed by atoms with Crippen LogP contribution >= 0.6 is 0 Å². The van der Waals surface area contributed by atoms with Crippen molar-refractivity contribution in [2.45, 2.75) is 6.92 Å². The maximum absolute atomic E-state index is 6.70. The van der Waals surface area contributed by atoms with Crippen LogP contribution in [0, 0.1) is 6.92 Å². The first kappa shape index (κ1) is 36.1. The fourth-order valence-corrected chi connectivity index (χ4v) is 9.70. The molecule has 4 heterocycles. The monoisotopic (exact) mass is 819 g/mol. The van der Waals surface area contributed by atoms with Crippen LogP contribution in [0.4, 0.5) is 0 Å². The summed E-state index contributed by atoms with van der Waals surface area (Å²) in [7, 11) is 0. The minimum Gasteiger partial charge on any atom is -0.455 e. The van der Waals surface area contributed by atoms with Crippen LogP contribution in [0.5, 0.6) is 0 Å². The number of hydrogen-bond acceptors (Lipinski definition) is 4. The minimum absolute atomic E-state index is 0.545. The van der Waals surface area contributed by atoms with E-state index in [0.717, 1.165) is 105 Å². The highest BCUT2D eigenvalue weighted by molar-refractivity contribution is 6.24. The maximum Gasteiger partial charge on any atom is 0.238 e. The molecule has 13 aromatic rings. The van der Waals surface area contributed by atoms with Crippen LogP contribution in [0.1, 0.15) is 5.56 Å². The Bertz CT molecular complexity index is 3960. The molecule has 4 aromatic heterocycles. The van der Waals surface area contributed by atoms with Gasteiger partial charge in [-0.1, -0.05) is 181 Å². The maximum atomic E-state index is 6.70. The van der Waals surface area contributed by atoms with Gasteiger partial charge in [0.25, 0.3) is 0 Å². The molecule has 9 aromatic carbocycles. The van der Waals surface area contributed by atoms with Gasteiger partial charge in [0, 0.05) is 54.7 Å². The molecule has 0 fully saturated rings. The Morgan fingerprint density at radius 2 is 0.906 bits per heavy atom. The van der Waals surface area contributed by atoms with Crippen molar-refractivity contribution in [3.8, 4) is 56.7 Å². The number of nitrogens with zero attached hydrogens (tertiary/aromatic N) is 5. The number of fused-ring (bicyclic) bond motifs is 10. The number of aromatic nitrogens is 5. The molecule has 13 rings (SSSR count). The van der Waals surface area contributed by atoms with E-state index in [0.29, 0.717) is 17.6 Å². The van der Waals surface area contributed by atoms with E-state index in [9.17, 15) is 0 Å². The fraction of sp³-hybridized carbons (Fsp3) is 0.0172. The number of furan rings is 1. The third-order valence-corrected chi connectivity index (χ3v) is 12.6. The predicted molar refractivity (Wildman–Crippen MR) is 262 cm³/mol. The third kappa shape index (κ3) is 5.63. The SMILES string of the molecule is Cc1cccc(-c2cc(-n3c4ccccc4c4ccc5c6ccccc6n(-c6nc(-c7ccccc7)nc(-c7ccc(-c8ccccc8)cc7)n6)c5c43)cc3c2oc2ccccc23)c1. The zero-order valence-corrected chi connectivity index (χ0v) is 34.8. The molecule has 0 N–H and O–H groups in total. The van der Waals surface area contributed by atoms with E-state index in [1.54, 1.807) is 0 Å². The molecule has 0 saturated carbocycles. The predicted octanol–water partition coefficient (Wildman–Crippen LogP) is 14.9. The molecule has 6 nitrogen and oxygen atoms in total. The zero-order chi connectivity index (χ0) is 42.3. The molecular formula is C58H37N5O. The van der Waals surface area contributed by atoms with Crippen LogP contribution in [-0.2, 0) is 0 Å². The summed E-state index contributed by atoms with van der Waals surface area (Å²) in [5.41, 5.74) is 14.4. The summed E-state index contributed by atoms with van der Waals surface area (Å²) >= 11 is 0. The van der Waals surface area contributed by atoms with Gasteiger partial charge in [-0.3, -0.25) is 4.57 Å². The molecule has 0 saturated heterocycles. The smallest absolute Gasteiger partial charge is 0.238 e. The van der Waals surface area contributed by atoms with Gasteiger partial charge in [0.05, 0.1) is 22.1 Å². The van der Waals surface area contributed by atoms with Crippen molar-refractivity contribution in [3.05, 3.63) is 212 Å². The van der Waals surface area contributed by atoms with Gasteiger partial charge in [-0.05, 0) is 53.9 Å². The molecule has 0 amide bonds.